The summed E-state index contributed by atoms with van der Waals surface area (Å²) >= 11 is 0. The van der Waals surface area contributed by atoms with E-state index in [0.717, 1.165) is 26.2 Å². The Labute approximate surface area is 130 Å². The van der Waals surface area contributed by atoms with Crippen LogP contribution in [0.15, 0.2) is 29.2 Å². The summed E-state index contributed by atoms with van der Waals surface area (Å²) in [5, 5.41) is 18.2. The molecule has 0 unspecified atom stereocenters. The van der Waals surface area contributed by atoms with E-state index in [0.29, 0.717) is 11.6 Å². The molecule has 0 radical (unpaired) electrons. The summed E-state index contributed by atoms with van der Waals surface area (Å²) in [7, 11) is 0. The molecule has 1 atom stereocenters. The van der Waals surface area contributed by atoms with Crippen LogP contribution in [0.25, 0.3) is 0 Å². The second kappa shape index (κ2) is 6.22. The van der Waals surface area contributed by atoms with Gasteiger partial charge in [0.25, 0.3) is 0 Å². The lowest BCUT2D eigenvalue weighted by Crippen LogP contribution is -2.36. The fourth-order valence-electron chi connectivity index (χ4n) is 3.02. The number of furan rings is 1. The van der Waals surface area contributed by atoms with E-state index < -0.39 is 5.60 Å². The zero-order valence-electron chi connectivity index (χ0n) is 13.3. The van der Waals surface area contributed by atoms with Gasteiger partial charge in [-0.2, -0.15) is 0 Å². The Balaban J connectivity index is 1.57. The number of aliphatic hydroxyl groups is 1. The first-order valence-electron chi connectivity index (χ1n) is 7.87. The van der Waals surface area contributed by atoms with Crippen molar-refractivity contribution < 1.29 is 9.52 Å². The number of rotatable bonds is 5. The smallest absolute Gasteiger partial charge is 0.114 e. The third-order valence-electron chi connectivity index (χ3n) is 4.20. The number of likely N-dealkylation sites (tertiary alicyclic amines) is 1. The van der Waals surface area contributed by atoms with Gasteiger partial charge in [-0.25, -0.2) is 0 Å². The summed E-state index contributed by atoms with van der Waals surface area (Å²) in [6.07, 6.45) is 7.81. The van der Waals surface area contributed by atoms with E-state index >= 15 is 0 Å². The molecule has 1 N–H and O–H groups in total. The standard InChI is InChI=1S/C16H24N4O2/c1-16(2,21)15-11-20(18-17-15)10-13-4-3-6-19(8-13)9-14-5-7-22-12-14/h5,7,11-13,21H,3-4,6,8-10H2,1-2H3/t13-/m1/s1. The number of hydrogen-bond donors (Lipinski definition) is 1. The average Bonchev–Trinajstić information content (AvgIpc) is 3.10. The minimum atomic E-state index is -0.932. The summed E-state index contributed by atoms with van der Waals surface area (Å²) in [5.41, 5.74) is 0.919. The van der Waals surface area contributed by atoms with E-state index in [-0.39, 0.29) is 0 Å². The maximum Gasteiger partial charge on any atom is 0.114 e. The van der Waals surface area contributed by atoms with E-state index in [2.05, 4.69) is 15.2 Å². The van der Waals surface area contributed by atoms with Gasteiger partial charge < -0.3 is 9.52 Å². The van der Waals surface area contributed by atoms with Gasteiger partial charge in [-0.3, -0.25) is 9.58 Å². The first kappa shape index (κ1) is 15.2. The molecule has 1 aliphatic rings. The number of piperidine rings is 1. The van der Waals surface area contributed by atoms with Crippen LogP contribution in [0.3, 0.4) is 0 Å². The predicted octanol–water partition coefficient (Wildman–Crippen LogP) is 2.01. The summed E-state index contributed by atoms with van der Waals surface area (Å²) < 4.78 is 7.00. The van der Waals surface area contributed by atoms with Gasteiger partial charge in [-0.15, -0.1) is 5.10 Å². The molecule has 120 valence electrons. The van der Waals surface area contributed by atoms with Crippen molar-refractivity contribution in [2.45, 2.75) is 45.4 Å². The van der Waals surface area contributed by atoms with Crippen LogP contribution in [0.5, 0.6) is 0 Å². The van der Waals surface area contributed by atoms with Crippen molar-refractivity contribution in [1.82, 2.24) is 19.9 Å². The van der Waals surface area contributed by atoms with Gasteiger partial charge in [0.15, 0.2) is 0 Å². The van der Waals surface area contributed by atoms with Crippen molar-refractivity contribution in [3.63, 3.8) is 0 Å². The summed E-state index contributed by atoms with van der Waals surface area (Å²) in [5.74, 6) is 0.567. The molecule has 6 nitrogen and oxygen atoms in total. The lowest BCUT2D eigenvalue weighted by atomic mass is 9.97. The van der Waals surface area contributed by atoms with Crippen molar-refractivity contribution in [3.8, 4) is 0 Å². The zero-order chi connectivity index (χ0) is 15.6. The molecule has 2 aromatic rings. The molecule has 0 aliphatic carbocycles. The minimum Gasteiger partial charge on any atom is -0.472 e. The Morgan fingerprint density at radius 2 is 2.32 bits per heavy atom. The quantitative estimate of drug-likeness (QED) is 0.915. The molecule has 0 saturated carbocycles. The van der Waals surface area contributed by atoms with Crippen LogP contribution in [-0.2, 0) is 18.7 Å². The van der Waals surface area contributed by atoms with Gasteiger partial charge in [0.1, 0.15) is 11.3 Å². The highest BCUT2D eigenvalue weighted by Crippen LogP contribution is 2.21. The monoisotopic (exact) mass is 304 g/mol. The first-order valence-corrected chi connectivity index (χ1v) is 7.87. The Morgan fingerprint density at radius 1 is 1.45 bits per heavy atom. The molecule has 3 rings (SSSR count). The second-order valence-corrected chi connectivity index (χ2v) is 6.76. The van der Waals surface area contributed by atoms with Crippen LogP contribution < -0.4 is 0 Å². The third-order valence-corrected chi connectivity index (χ3v) is 4.20. The van der Waals surface area contributed by atoms with Crippen LogP contribution in [0.1, 0.15) is 37.9 Å². The molecule has 1 saturated heterocycles. The largest absolute Gasteiger partial charge is 0.472 e. The van der Waals surface area contributed by atoms with Gasteiger partial charge in [0.05, 0.1) is 18.7 Å². The molecule has 0 aromatic carbocycles. The van der Waals surface area contributed by atoms with Crippen molar-refractivity contribution in [2.24, 2.45) is 5.92 Å². The van der Waals surface area contributed by atoms with E-state index in [4.69, 9.17) is 4.42 Å². The van der Waals surface area contributed by atoms with Crippen molar-refractivity contribution in [2.75, 3.05) is 13.1 Å². The highest BCUT2D eigenvalue weighted by molar-refractivity contribution is 5.05. The van der Waals surface area contributed by atoms with Crippen molar-refractivity contribution in [1.29, 1.82) is 0 Å². The topological polar surface area (TPSA) is 67.3 Å². The Bertz CT molecular complexity index is 586. The molecule has 0 spiro atoms. The van der Waals surface area contributed by atoms with Gasteiger partial charge in [0, 0.05) is 25.2 Å². The zero-order valence-corrected chi connectivity index (χ0v) is 13.3. The van der Waals surface area contributed by atoms with Gasteiger partial charge in [0.2, 0.25) is 0 Å². The highest BCUT2D eigenvalue weighted by Gasteiger charge is 2.23. The Kier molecular flexibility index (Phi) is 4.31. The van der Waals surface area contributed by atoms with Crippen molar-refractivity contribution >= 4 is 0 Å². The second-order valence-electron chi connectivity index (χ2n) is 6.76. The van der Waals surface area contributed by atoms with E-state index in [9.17, 15) is 5.11 Å². The molecule has 3 heterocycles. The summed E-state index contributed by atoms with van der Waals surface area (Å²) in [6.45, 7) is 7.45. The first-order chi connectivity index (χ1) is 10.5. The number of aromatic nitrogens is 3. The normalized spacial score (nSPS) is 20.4. The molecule has 22 heavy (non-hydrogen) atoms. The summed E-state index contributed by atoms with van der Waals surface area (Å²) in [6, 6.07) is 2.02. The molecular weight excluding hydrogens is 280 g/mol. The highest BCUT2D eigenvalue weighted by atomic mass is 16.3. The molecule has 0 bridgehead atoms. The van der Waals surface area contributed by atoms with Gasteiger partial charge in [-0.05, 0) is 45.2 Å². The fraction of sp³-hybridized carbons (Fsp3) is 0.625. The predicted molar refractivity (Wildman–Crippen MR) is 82.0 cm³/mol. The maximum atomic E-state index is 9.96. The van der Waals surface area contributed by atoms with E-state index in [1.165, 1.54) is 18.4 Å². The molecule has 0 amide bonds. The number of hydrogen-bond acceptors (Lipinski definition) is 5. The van der Waals surface area contributed by atoms with E-state index in [1.54, 1.807) is 20.1 Å². The van der Waals surface area contributed by atoms with Gasteiger partial charge in [-0.1, -0.05) is 5.21 Å². The van der Waals surface area contributed by atoms with Crippen LogP contribution >= 0.6 is 0 Å². The fourth-order valence-corrected chi connectivity index (χ4v) is 3.02. The molecule has 1 fully saturated rings. The number of nitrogens with zero attached hydrogens (tertiary/aromatic N) is 4. The van der Waals surface area contributed by atoms with Crippen molar-refractivity contribution in [3.05, 3.63) is 36.0 Å². The lowest BCUT2D eigenvalue weighted by Gasteiger charge is -2.32. The van der Waals surface area contributed by atoms with Crippen LogP contribution in [0.4, 0.5) is 0 Å². The van der Waals surface area contributed by atoms with Crippen LogP contribution in [0, 0.1) is 5.92 Å². The summed E-state index contributed by atoms with van der Waals surface area (Å²) in [4.78, 5) is 2.47. The molecular formula is C16H24N4O2. The molecule has 1 aliphatic heterocycles. The maximum absolute atomic E-state index is 9.96. The minimum absolute atomic E-state index is 0.567. The third kappa shape index (κ3) is 3.75. The Morgan fingerprint density at radius 3 is 3.00 bits per heavy atom. The lowest BCUT2D eigenvalue weighted by molar-refractivity contribution is 0.0737. The Hall–Kier alpha value is -1.66. The van der Waals surface area contributed by atoms with Crippen LogP contribution in [-0.4, -0.2) is 38.1 Å². The van der Waals surface area contributed by atoms with E-state index in [1.807, 2.05) is 23.2 Å². The average molecular weight is 304 g/mol. The molecule has 6 heteroatoms. The SMILES string of the molecule is CC(C)(O)c1cn(C[C@@H]2CCCN(Cc3ccoc3)C2)nn1. The van der Waals surface area contributed by atoms with Gasteiger partial charge >= 0.3 is 0 Å². The van der Waals surface area contributed by atoms with Crippen LogP contribution in [0.2, 0.25) is 0 Å². The molecule has 2 aromatic heterocycles.